The number of likely N-dealkylation sites (tertiary alicyclic amines) is 1. The zero-order valence-electron chi connectivity index (χ0n) is 9.56. The predicted octanol–water partition coefficient (Wildman–Crippen LogP) is 1.61. The molecule has 1 fully saturated rings. The van der Waals surface area contributed by atoms with E-state index in [1.807, 2.05) is 12.4 Å². The summed E-state index contributed by atoms with van der Waals surface area (Å²) in [6.07, 6.45) is 6.41. The molecule has 2 rings (SSSR count). The highest BCUT2D eigenvalue weighted by molar-refractivity contribution is 14.1. The van der Waals surface area contributed by atoms with Gasteiger partial charge in [-0.05, 0) is 48.5 Å². The molecule has 0 N–H and O–H groups in total. The summed E-state index contributed by atoms with van der Waals surface area (Å²) in [7, 11) is 2.05. The number of nitrogens with zero attached hydrogens (tertiary/aromatic N) is 4. The third kappa shape index (κ3) is 3.28. The van der Waals surface area contributed by atoms with E-state index in [-0.39, 0.29) is 0 Å². The van der Waals surface area contributed by atoms with E-state index in [1.54, 1.807) is 0 Å². The van der Waals surface area contributed by atoms with Gasteiger partial charge >= 0.3 is 0 Å². The van der Waals surface area contributed by atoms with Crippen molar-refractivity contribution in [3.8, 4) is 0 Å². The number of likely N-dealkylation sites (N-methyl/N-ethyl adjacent to an activating group) is 1. The van der Waals surface area contributed by atoms with Crippen LogP contribution in [0.15, 0.2) is 12.4 Å². The molecule has 4 nitrogen and oxygen atoms in total. The second-order valence-corrected chi connectivity index (χ2v) is 5.42. The maximum absolute atomic E-state index is 4.31. The Morgan fingerprint density at radius 1 is 1.31 bits per heavy atom. The van der Waals surface area contributed by atoms with Gasteiger partial charge in [-0.1, -0.05) is 0 Å². The van der Waals surface area contributed by atoms with Crippen LogP contribution in [0.2, 0.25) is 0 Å². The second-order valence-electron chi connectivity index (χ2n) is 4.17. The van der Waals surface area contributed by atoms with Crippen LogP contribution in [0.25, 0.3) is 0 Å². The number of anilines is 1. The lowest BCUT2D eigenvalue weighted by Crippen LogP contribution is -2.32. The Morgan fingerprint density at radius 2 is 1.94 bits per heavy atom. The maximum atomic E-state index is 4.31. The molecule has 16 heavy (non-hydrogen) atoms. The second kappa shape index (κ2) is 5.77. The van der Waals surface area contributed by atoms with Crippen LogP contribution >= 0.6 is 22.6 Å². The molecule has 2 heterocycles. The van der Waals surface area contributed by atoms with E-state index >= 15 is 0 Å². The van der Waals surface area contributed by atoms with Gasteiger partial charge in [-0.25, -0.2) is 9.97 Å². The molecule has 0 aliphatic carbocycles. The van der Waals surface area contributed by atoms with Crippen LogP contribution in [0.4, 0.5) is 5.95 Å². The standard InChI is InChI=1S/C11H17IN4/c1-15(6-7-16-4-2-3-5-16)11-13-8-10(12)9-14-11/h8-9H,2-7H2,1H3. The Balaban J connectivity index is 1.82. The number of rotatable bonds is 4. The fourth-order valence-corrected chi connectivity index (χ4v) is 2.18. The largest absolute Gasteiger partial charge is 0.343 e. The summed E-state index contributed by atoms with van der Waals surface area (Å²) >= 11 is 2.22. The fraction of sp³-hybridized carbons (Fsp3) is 0.636. The Labute approximate surface area is 110 Å². The minimum absolute atomic E-state index is 0.819. The van der Waals surface area contributed by atoms with Crippen LogP contribution in [0.5, 0.6) is 0 Å². The summed E-state index contributed by atoms with van der Waals surface area (Å²) in [5.41, 5.74) is 0. The molecule has 0 radical (unpaired) electrons. The molecule has 1 aromatic rings. The zero-order valence-corrected chi connectivity index (χ0v) is 11.7. The molecular weight excluding hydrogens is 315 g/mol. The smallest absolute Gasteiger partial charge is 0.225 e. The van der Waals surface area contributed by atoms with E-state index in [4.69, 9.17) is 0 Å². The van der Waals surface area contributed by atoms with Gasteiger partial charge in [0.25, 0.3) is 0 Å². The van der Waals surface area contributed by atoms with Gasteiger partial charge in [0, 0.05) is 36.1 Å². The lowest BCUT2D eigenvalue weighted by Gasteiger charge is -2.21. The molecule has 0 spiro atoms. The Kier molecular flexibility index (Phi) is 4.34. The first kappa shape index (κ1) is 12.0. The minimum atomic E-state index is 0.819. The molecule has 1 aliphatic heterocycles. The van der Waals surface area contributed by atoms with E-state index < -0.39 is 0 Å². The molecule has 88 valence electrons. The summed E-state index contributed by atoms with van der Waals surface area (Å²) in [6.45, 7) is 4.62. The van der Waals surface area contributed by atoms with Gasteiger partial charge in [0.15, 0.2) is 0 Å². The molecule has 0 unspecified atom stereocenters. The van der Waals surface area contributed by atoms with Crippen molar-refractivity contribution in [1.29, 1.82) is 0 Å². The third-order valence-electron chi connectivity index (χ3n) is 2.90. The molecule has 1 saturated heterocycles. The quantitative estimate of drug-likeness (QED) is 0.785. The molecule has 5 heteroatoms. The van der Waals surface area contributed by atoms with Crippen molar-refractivity contribution in [2.24, 2.45) is 0 Å². The van der Waals surface area contributed by atoms with Crippen LogP contribution in [-0.4, -0.2) is 48.1 Å². The number of hydrogen-bond acceptors (Lipinski definition) is 4. The molecular formula is C11H17IN4. The average molecular weight is 332 g/mol. The van der Waals surface area contributed by atoms with Crippen LogP contribution in [0.1, 0.15) is 12.8 Å². The number of aromatic nitrogens is 2. The van der Waals surface area contributed by atoms with Gasteiger partial charge in [0.2, 0.25) is 5.95 Å². The highest BCUT2D eigenvalue weighted by Gasteiger charge is 2.12. The number of halogens is 1. The molecule has 0 atom stereocenters. The molecule has 0 saturated carbocycles. The zero-order chi connectivity index (χ0) is 11.4. The van der Waals surface area contributed by atoms with Crippen LogP contribution in [-0.2, 0) is 0 Å². The van der Waals surface area contributed by atoms with Crippen LogP contribution in [0, 0.1) is 3.57 Å². The summed E-state index contributed by atoms with van der Waals surface area (Å²) in [5.74, 6) is 0.819. The van der Waals surface area contributed by atoms with E-state index in [9.17, 15) is 0 Å². The molecule has 0 bridgehead atoms. The Hall–Kier alpha value is -0.430. The van der Waals surface area contributed by atoms with E-state index in [1.165, 1.54) is 25.9 Å². The summed E-state index contributed by atoms with van der Waals surface area (Å²) in [6, 6.07) is 0. The van der Waals surface area contributed by atoms with Gasteiger partial charge in [-0.3, -0.25) is 0 Å². The predicted molar refractivity (Wildman–Crippen MR) is 73.7 cm³/mol. The Bertz CT molecular complexity index is 321. The van der Waals surface area contributed by atoms with E-state index in [0.717, 1.165) is 22.6 Å². The highest BCUT2D eigenvalue weighted by atomic mass is 127. The fourth-order valence-electron chi connectivity index (χ4n) is 1.90. The third-order valence-corrected chi connectivity index (χ3v) is 3.46. The van der Waals surface area contributed by atoms with Crippen molar-refractivity contribution < 1.29 is 0 Å². The first-order valence-electron chi connectivity index (χ1n) is 5.67. The summed E-state index contributed by atoms with van der Waals surface area (Å²) in [4.78, 5) is 13.2. The first-order valence-corrected chi connectivity index (χ1v) is 6.74. The van der Waals surface area contributed by atoms with Gasteiger partial charge in [0.05, 0.1) is 0 Å². The molecule has 1 aliphatic rings. The topological polar surface area (TPSA) is 32.3 Å². The SMILES string of the molecule is CN(CCN1CCCC1)c1ncc(I)cn1. The van der Waals surface area contributed by atoms with Gasteiger partial charge in [0.1, 0.15) is 0 Å². The monoisotopic (exact) mass is 332 g/mol. The van der Waals surface area contributed by atoms with Crippen LogP contribution in [0.3, 0.4) is 0 Å². The van der Waals surface area contributed by atoms with Crippen molar-refractivity contribution >= 4 is 28.5 Å². The van der Waals surface area contributed by atoms with Crippen molar-refractivity contribution in [2.75, 3.05) is 38.1 Å². The maximum Gasteiger partial charge on any atom is 0.225 e. The average Bonchev–Trinajstić information content (AvgIpc) is 2.80. The summed E-state index contributed by atoms with van der Waals surface area (Å²) < 4.78 is 1.08. The lowest BCUT2D eigenvalue weighted by atomic mass is 10.4. The molecule has 0 aromatic carbocycles. The van der Waals surface area contributed by atoms with Crippen molar-refractivity contribution in [3.05, 3.63) is 16.0 Å². The number of hydrogen-bond donors (Lipinski definition) is 0. The Morgan fingerprint density at radius 3 is 2.56 bits per heavy atom. The molecule has 0 amide bonds. The highest BCUT2D eigenvalue weighted by Crippen LogP contribution is 2.09. The van der Waals surface area contributed by atoms with E-state index in [2.05, 4.69) is 49.4 Å². The van der Waals surface area contributed by atoms with Crippen molar-refractivity contribution in [3.63, 3.8) is 0 Å². The molecule has 1 aromatic heterocycles. The van der Waals surface area contributed by atoms with Gasteiger partial charge in [-0.15, -0.1) is 0 Å². The first-order chi connectivity index (χ1) is 7.75. The normalized spacial score (nSPS) is 16.6. The minimum Gasteiger partial charge on any atom is -0.343 e. The van der Waals surface area contributed by atoms with Crippen molar-refractivity contribution in [1.82, 2.24) is 14.9 Å². The van der Waals surface area contributed by atoms with Gasteiger partial charge < -0.3 is 9.80 Å². The van der Waals surface area contributed by atoms with Crippen molar-refractivity contribution in [2.45, 2.75) is 12.8 Å². The van der Waals surface area contributed by atoms with Gasteiger partial charge in [-0.2, -0.15) is 0 Å². The van der Waals surface area contributed by atoms with Crippen LogP contribution < -0.4 is 4.90 Å². The summed E-state index contributed by atoms with van der Waals surface area (Å²) in [5, 5.41) is 0. The lowest BCUT2D eigenvalue weighted by molar-refractivity contribution is 0.346. The van der Waals surface area contributed by atoms with E-state index in [0.29, 0.717) is 0 Å².